The van der Waals surface area contributed by atoms with E-state index in [-0.39, 0.29) is 12.2 Å². The molecule has 0 N–H and O–H groups in total. The molecule has 0 heterocycles. The van der Waals surface area contributed by atoms with Crippen LogP contribution in [0.25, 0.3) is 0 Å². The molecule has 0 aromatic carbocycles. The zero-order chi connectivity index (χ0) is 7.72. The van der Waals surface area contributed by atoms with Crippen molar-refractivity contribution in [3.8, 4) is 0 Å². The number of carbonyl (C=O) groups excluding carboxylic acids is 3. The lowest BCUT2D eigenvalue weighted by Crippen LogP contribution is -2.22. The third-order valence-electron chi connectivity index (χ3n) is 1.38. The average molecular weight is 138 g/mol. The average Bonchev–Trinajstić information content (AvgIpc) is 1.84. The molecule has 0 spiro atoms. The molecule has 52 valence electrons. The van der Waals surface area contributed by atoms with Crippen LogP contribution in [0.5, 0.6) is 0 Å². The molecule has 0 aromatic rings. The van der Waals surface area contributed by atoms with Gasteiger partial charge >= 0.3 is 0 Å². The minimum absolute atomic E-state index is 0.246. The number of allylic oxidation sites excluding steroid dienone is 2. The summed E-state index contributed by atoms with van der Waals surface area (Å²) < 4.78 is 0. The van der Waals surface area contributed by atoms with Gasteiger partial charge in [0.25, 0.3) is 0 Å². The van der Waals surface area contributed by atoms with Crippen LogP contribution in [0.2, 0.25) is 0 Å². The molecule has 3 nitrogen and oxygen atoms in total. The molecule has 1 aliphatic rings. The van der Waals surface area contributed by atoms with Crippen LogP contribution in [0.15, 0.2) is 11.6 Å². The lowest BCUT2D eigenvalue weighted by atomic mass is 9.98. The normalized spacial score (nSPS) is 19.3. The zero-order valence-electron chi connectivity index (χ0n) is 5.51. The lowest BCUT2D eigenvalue weighted by molar-refractivity contribution is -0.136. The van der Waals surface area contributed by atoms with Gasteiger partial charge in [0.1, 0.15) is 0 Å². The van der Waals surface area contributed by atoms with Crippen LogP contribution in [0.1, 0.15) is 13.3 Å². The van der Waals surface area contributed by atoms with E-state index in [0.717, 1.165) is 6.08 Å². The van der Waals surface area contributed by atoms with Crippen molar-refractivity contribution in [2.75, 3.05) is 0 Å². The van der Waals surface area contributed by atoms with Crippen LogP contribution in [0.3, 0.4) is 0 Å². The summed E-state index contributed by atoms with van der Waals surface area (Å²) in [7, 11) is 0. The van der Waals surface area contributed by atoms with E-state index in [1.165, 1.54) is 6.92 Å². The molecule has 0 atom stereocenters. The van der Waals surface area contributed by atoms with Gasteiger partial charge in [-0.2, -0.15) is 0 Å². The van der Waals surface area contributed by atoms with Crippen molar-refractivity contribution in [1.29, 1.82) is 0 Å². The van der Waals surface area contributed by atoms with E-state index in [0.29, 0.717) is 5.57 Å². The second-order valence-electron chi connectivity index (χ2n) is 2.21. The monoisotopic (exact) mass is 138 g/mol. The fourth-order valence-corrected chi connectivity index (χ4v) is 0.730. The maximum Gasteiger partial charge on any atom is 0.222 e. The minimum atomic E-state index is -0.601. The number of rotatable bonds is 0. The highest BCUT2D eigenvalue weighted by Gasteiger charge is 2.22. The van der Waals surface area contributed by atoms with Crippen molar-refractivity contribution < 1.29 is 14.4 Å². The molecule has 10 heavy (non-hydrogen) atoms. The molecular formula is C7H6O3. The van der Waals surface area contributed by atoms with Crippen LogP contribution in [-0.2, 0) is 14.4 Å². The van der Waals surface area contributed by atoms with Crippen molar-refractivity contribution in [3.05, 3.63) is 11.6 Å². The molecule has 0 aromatic heterocycles. The second kappa shape index (κ2) is 2.17. The van der Waals surface area contributed by atoms with Crippen LogP contribution < -0.4 is 0 Å². The summed E-state index contributed by atoms with van der Waals surface area (Å²) in [6.45, 7) is 1.53. The van der Waals surface area contributed by atoms with Gasteiger partial charge in [-0.1, -0.05) is 0 Å². The first-order valence-corrected chi connectivity index (χ1v) is 2.90. The van der Waals surface area contributed by atoms with E-state index in [1.54, 1.807) is 0 Å². The van der Waals surface area contributed by atoms with Crippen LogP contribution in [0, 0.1) is 0 Å². The number of hydrogen-bond acceptors (Lipinski definition) is 3. The van der Waals surface area contributed by atoms with Gasteiger partial charge < -0.3 is 0 Å². The van der Waals surface area contributed by atoms with Crippen LogP contribution in [-0.4, -0.2) is 17.3 Å². The number of Topliss-reactive ketones (excluding diaryl/α,β-unsaturated/α-hetero) is 2. The van der Waals surface area contributed by atoms with E-state index in [1.807, 2.05) is 0 Å². The van der Waals surface area contributed by atoms with Gasteiger partial charge in [-0.15, -0.1) is 0 Å². The summed E-state index contributed by atoms with van der Waals surface area (Å²) >= 11 is 0. The molecule has 0 unspecified atom stereocenters. The Kier molecular flexibility index (Phi) is 1.49. The quantitative estimate of drug-likeness (QED) is 0.351. The van der Waals surface area contributed by atoms with Gasteiger partial charge in [0.15, 0.2) is 5.78 Å². The van der Waals surface area contributed by atoms with E-state index in [9.17, 15) is 14.4 Å². The molecule has 0 amide bonds. The Hall–Kier alpha value is -1.25. The summed E-state index contributed by atoms with van der Waals surface area (Å²) in [6, 6.07) is 0. The Morgan fingerprint density at radius 2 is 1.80 bits per heavy atom. The van der Waals surface area contributed by atoms with Crippen molar-refractivity contribution in [1.82, 2.24) is 0 Å². The van der Waals surface area contributed by atoms with Crippen LogP contribution >= 0.6 is 0 Å². The smallest absolute Gasteiger partial charge is 0.222 e. The first kappa shape index (κ1) is 6.86. The standard InChI is InChI=1S/C7H6O3/c1-4-2-6(9)7(10)3-5(4)8/h2H,3H2,1H3. The van der Waals surface area contributed by atoms with E-state index < -0.39 is 11.6 Å². The first-order chi connectivity index (χ1) is 4.61. The third kappa shape index (κ3) is 1.03. The molecular weight excluding hydrogens is 132 g/mol. The highest BCUT2D eigenvalue weighted by atomic mass is 16.2. The third-order valence-corrected chi connectivity index (χ3v) is 1.38. The molecule has 3 heteroatoms. The number of carbonyl (C=O) groups is 3. The van der Waals surface area contributed by atoms with Gasteiger partial charge in [-0.05, 0) is 18.6 Å². The fraction of sp³-hybridized carbons (Fsp3) is 0.286. The molecule has 0 fully saturated rings. The Balaban J connectivity index is 3.01. The first-order valence-electron chi connectivity index (χ1n) is 2.90. The van der Waals surface area contributed by atoms with Gasteiger partial charge in [0.2, 0.25) is 11.6 Å². The largest absolute Gasteiger partial charge is 0.294 e. The second-order valence-corrected chi connectivity index (χ2v) is 2.21. The Labute approximate surface area is 57.7 Å². The van der Waals surface area contributed by atoms with E-state index in [2.05, 4.69) is 0 Å². The zero-order valence-corrected chi connectivity index (χ0v) is 5.51. The maximum absolute atomic E-state index is 10.7. The maximum atomic E-state index is 10.7. The van der Waals surface area contributed by atoms with Crippen molar-refractivity contribution in [2.45, 2.75) is 13.3 Å². The molecule has 1 aliphatic carbocycles. The summed E-state index contributed by atoms with van der Waals surface area (Å²) in [6.07, 6.45) is 0.843. The lowest BCUT2D eigenvalue weighted by Gasteiger charge is -2.03. The van der Waals surface area contributed by atoms with Gasteiger partial charge in [-0.25, -0.2) is 0 Å². The molecule has 0 saturated carbocycles. The molecule has 0 saturated heterocycles. The van der Waals surface area contributed by atoms with Gasteiger partial charge in [0.05, 0.1) is 6.42 Å². The predicted octanol–water partition coefficient (Wildman–Crippen LogP) is 0.0437. The van der Waals surface area contributed by atoms with E-state index in [4.69, 9.17) is 0 Å². The highest BCUT2D eigenvalue weighted by Crippen LogP contribution is 2.06. The van der Waals surface area contributed by atoms with Crippen molar-refractivity contribution in [2.24, 2.45) is 0 Å². The molecule has 1 rings (SSSR count). The number of ketones is 3. The predicted molar refractivity (Wildman–Crippen MR) is 33.4 cm³/mol. The highest BCUT2D eigenvalue weighted by molar-refractivity contribution is 6.47. The Bertz CT molecular complexity index is 248. The molecule has 0 bridgehead atoms. The van der Waals surface area contributed by atoms with Crippen molar-refractivity contribution >= 4 is 17.3 Å². The number of hydrogen-bond donors (Lipinski definition) is 0. The summed E-state index contributed by atoms with van der Waals surface area (Å²) in [5.41, 5.74) is 0.379. The fourth-order valence-electron chi connectivity index (χ4n) is 0.730. The SMILES string of the molecule is CC1=CC(=O)C(=O)CC1=O. The topological polar surface area (TPSA) is 51.2 Å². The molecule has 0 aliphatic heterocycles. The Morgan fingerprint density at radius 1 is 1.20 bits per heavy atom. The van der Waals surface area contributed by atoms with E-state index >= 15 is 0 Å². The molecule has 0 radical (unpaired) electrons. The summed E-state index contributed by atoms with van der Waals surface area (Å²) in [4.78, 5) is 31.8. The van der Waals surface area contributed by atoms with Crippen molar-refractivity contribution in [3.63, 3.8) is 0 Å². The van der Waals surface area contributed by atoms with Gasteiger partial charge in [-0.3, -0.25) is 14.4 Å². The van der Waals surface area contributed by atoms with Gasteiger partial charge in [0, 0.05) is 0 Å². The van der Waals surface area contributed by atoms with Crippen LogP contribution in [0.4, 0.5) is 0 Å². The summed E-state index contributed by atoms with van der Waals surface area (Å²) in [5.74, 6) is -1.41. The summed E-state index contributed by atoms with van der Waals surface area (Å²) in [5, 5.41) is 0. The minimum Gasteiger partial charge on any atom is -0.294 e. The Morgan fingerprint density at radius 3 is 2.30 bits per heavy atom.